The van der Waals surface area contributed by atoms with Crippen molar-refractivity contribution in [3.8, 4) is 0 Å². The van der Waals surface area contributed by atoms with E-state index in [0.29, 0.717) is 24.4 Å². The first-order valence-corrected chi connectivity index (χ1v) is 7.94. The van der Waals surface area contributed by atoms with Crippen LogP contribution in [0.4, 0.5) is 0 Å². The van der Waals surface area contributed by atoms with E-state index in [2.05, 4.69) is 10.2 Å². The number of fused-ring (bicyclic) bond motifs is 2. The van der Waals surface area contributed by atoms with E-state index in [1.165, 1.54) is 12.8 Å². The predicted molar refractivity (Wildman–Crippen MR) is 73.7 cm³/mol. The molecule has 0 aliphatic carbocycles. The van der Waals surface area contributed by atoms with Gasteiger partial charge in [0, 0.05) is 18.5 Å². The Morgan fingerprint density at radius 3 is 2.37 bits per heavy atom. The monoisotopic (exact) mass is 266 g/mol. The number of amides is 1. The first-order chi connectivity index (χ1) is 9.24. The molecular weight excluding hydrogens is 240 g/mol. The molecule has 19 heavy (non-hydrogen) atoms. The Balaban J connectivity index is 1.50. The lowest BCUT2D eigenvalue weighted by molar-refractivity contribution is -0.137. The average Bonchev–Trinajstić information content (AvgIpc) is 2.70. The second-order valence-electron chi connectivity index (χ2n) is 6.54. The van der Waals surface area contributed by atoms with Crippen LogP contribution in [0.25, 0.3) is 0 Å². The van der Waals surface area contributed by atoms with Crippen molar-refractivity contribution in [3.63, 3.8) is 0 Å². The summed E-state index contributed by atoms with van der Waals surface area (Å²) < 4.78 is 0. The van der Waals surface area contributed by atoms with Crippen LogP contribution in [0.5, 0.6) is 0 Å². The number of rotatable bonds is 3. The molecule has 0 saturated carbocycles. The fourth-order valence-corrected chi connectivity index (χ4v) is 4.18. The van der Waals surface area contributed by atoms with E-state index in [1.54, 1.807) is 0 Å². The Kier molecular flexibility index (Phi) is 4.08. The van der Waals surface area contributed by atoms with E-state index in [0.717, 1.165) is 51.1 Å². The van der Waals surface area contributed by atoms with Crippen LogP contribution in [0.3, 0.4) is 0 Å². The molecule has 2 atom stereocenters. The van der Waals surface area contributed by atoms with Crippen LogP contribution in [0.1, 0.15) is 51.4 Å². The topological polar surface area (TPSA) is 52.6 Å². The van der Waals surface area contributed by atoms with E-state index in [1.807, 2.05) is 0 Å². The zero-order valence-corrected chi connectivity index (χ0v) is 11.7. The third kappa shape index (κ3) is 2.95. The van der Waals surface area contributed by atoms with E-state index < -0.39 is 0 Å². The van der Waals surface area contributed by atoms with Crippen LogP contribution in [0.2, 0.25) is 0 Å². The molecule has 3 rings (SSSR count). The van der Waals surface area contributed by atoms with E-state index in [4.69, 9.17) is 0 Å². The van der Waals surface area contributed by atoms with Gasteiger partial charge in [-0.3, -0.25) is 4.79 Å². The number of carbonyl (C=O) groups excluding carboxylic acids is 1. The van der Waals surface area contributed by atoms with Crippen LogP contribution in [0.15, 0.2) is 0 Å². The molecule has 0 radical (unpaired) electrons. The summed E-state index contributed by atoms with van der Waals surface area (Å²) in [6.45, 7) is 2.22. The van der Waals surface area contributed by atoms with Gasteiger partial charge in [0.05, 0.1) is 6.10 Å². The molecule has 4 heteroatoms. The Hall–Kier alpha value is -0.610. The quantitative estimate of drug-likeness (QED) is 0.809. The maximum Gasteiger partial charge on any atom is 0.223 e. The Morgan fingerprint density at radius 1 is 1.11 bits per heavy atom. The third-order valence-corrected chi connectivity index (χ3v) is 5.22. The maximum absolute atomic E-state index is 12.4. The Morgan fingerprint density at radius 2 is 1.74 bits per heavy atom. The van der Waals surface area contributed by atoms with E-state index in [-0.39, 0.29) is 6.10 Å². The fraction of sp³-hybridized carbons (Fsp3) is 0.933. The van der Waals surface area contributed by atoms with Crippen molar-refractivity contribution in [2.45, 2.75) is 69.6 Å². The fourth-order valence-electron chi connectivity index (χ4n) is 4.18. The number of piperidine rings is 2. The normalized spacial score (nSPS) is 35.6. The highest BCUT2D eigenvalue weighted by molar-refractivity contribution is 5.77. The molecule has 0 aromatic carbocycles. The van der Waals surface area contributed by atoms with E-state index in [9.17, 15) is 9.90 Å². The number of hydrogen-bond donors (Lipinski definition) is 2. The number of hydrogen-bond acceptors (Lipinski definition) is 3. The van der Waals surface area contributed by atoms with Gasteiger partial charge in [-0.25, -0.2) is 0 Å². The highest BCUT2D eigenvalue weighted by atomic mass is 16.3. The molecule has 3 saturated heterocycles. The SMILES string of the molecule is O=C(CCC1CCNCC1)N1C2CCC1CC(O)C2. The summed E-state index contributed by atoms with van der Waals surface area (Å²) in [7, 11) is 0. The standard InChI is InChI=1S/C15H26N2O2/c18-14-9-12-2-3-13(10-14)17(12)15(19)4-1-11-5-7-16-8-6-11/h11-14,16,18H,1-10H2. The van der Waals surface area contributed by atoms with Gasteiger partial charge in [0.1, 0.15) is 0 Å². The molecule has 3 aliphatic rings. The first-order valence-electron chi connectivity index (χ1n) is 7.94. The minimum atomic E-state index is -0.175. The molecule has 2 N–H and O–H groups in total. The lowest BCUT2D eigenvalue weighted by Gasteiger charge is -2.37. The summed E-state index contributed by atoms with van der Waals surface area (Å²) in [5, 5.41) is 13.1. The van der Waals surface area contributed by atoms with Crippen LogP contribution >= 0.6 is 0 Å². The van der Waals surface area contributed by atoms with Crippen LogP contribution in [-0.4, -0.2) is 47.2 Å². The number of carbonyl (C=O) groups is 1. The number of aliphatic hydroxyl groups is 1. The van der Waals surface area contributed by atoms with Crippen LogP contribution < -0.4 is 5.32 Å². The Bertz CT molecular complexity index is 314. The van der Waals surface area contributed by atoms with Gasteiger partial charge in [-0.15, -0.1) is 0 Å². The summed E-state index contributed by atoms with van der Waals surface area (Å²) in [5.41, 5.74) is 0. The zero-order valence-electron chi connectivity index (χ0n) is 11.7. The van der Waals surface area contributed by atoms with Gasteiger partial charge in [-0.1, -0.05) is 0 Å². The molecule has 0 aromatic heterocycles. The Labute approximate surface area is 115 Å². The van der Waals surface area contributed by atoms with E-state index >= 15 is 0 Å². The summed E-state index contributed by atoms with van der Waals surface area (Å²) in [5.74, 6) is 1.08. The third-order valence-electron chi connectivity index (χ3n) is 5.22. The first kappa shape index (κ1) is 13.4. The number of nitrogens with one attached hydrogen (secondary N) is 1. The highest BCUT2D eigenvalue weighted by Gasteiger charge is 2.42. The van der Waals surface area contributed by atoms with Gasteiger partial charge in [0.25, 0.3) is 0 Å². The molecule has 3 fully saturated rings. The van der Waals surface area contributed by atoms with Crippen molar-refractivity contribution in [1.29, 1.82) is 0 Å². The van der Waals surface area contributed by atoms with Gasteiger partial charge in [0.15, 0.2) is 0 Å². The number of aliphatic hydroxyl groups excluding tert-OH is 1. The maximum atomic E-state index is 12.4. The number of nitrogens with zero attached hydrogens (tertiary/aromatic N) is 1. The molecule has 4 nitrogen and oxygen atoms in total. The second kappa shape index (κ2) is 5.80. The highest BCUT2D eigenvalue weighted by Crippen LogP contribution is 2.36. The summed E-state index contributed by atoms with van der Waals surface area (Å²) in [6, 6.07) is 0.656. The smallest absolute Gasteiger partial charge is 0.223 e. The van der Waals surface area contributed by atoms with Gasteiger partial charge in [-0.05, 0) is 64.0 Å². The summed E-state index contributed by atoms with van der Waals surface area (Å²) in [6.07, 6.45) is 7.84. The average molecular weight is 266 g/mol. The van der Waals surface area contributed by atoms with Gasteiger partial charge < -0.3 is 15.3 Å². The van der Waals surface area contributed by atoms with Gasteiger partial charge >= 0.3 is 0 Å². The van der Waals surface area contributed by atoms with Crippen LogP contribution in [-0.2, 0) is 4.79 Å². The molecule has 0 spiro atoms. The van der Waals surface area contributed by atoms with Crippen molar-refractivity contribution in [3.05, 3.63) is 0 Å². The van der Waals surface area contributed by atoms with Crippen LogP contribution in [0, 0.1) is 5.92 Å². The molecular formula is C15H26N2O2. The summed E-state index contributed by atoms with van der Waals surface area (Å²) >= 11 is 0. The van der Waals surface area contributed by atoms with Crippen molar-refractivity contribution in [1.82, 2.24) is 10.2 Å². The lowest BCUT2D eigenvalue weighted by atomic mass is 9.92. The molecule has 0 aromatic rings. The van der Waals surface area contributed by atoms with Crippen molar-refractivity contribution in [2.75, 3.05) is 13.1 Å². The molecule has 3 aliphatic heterocycles. The molecule has 2 unspecified atom stereocenters. The molecule has 2 bridgehead atoms. The molecule has 3 heterocycles. The predicted octanol–water partition coefficient (Wildman–Crippen LogP) is 1.28. The van der Waals surface area contributed by atoms with Crippen molar-refractivity contribution in [2.24, 2.45) is 5.92 Å². The summed E-state index contributed by atoms with van der Waals surface area (Å²) in [4.78, 5) is 14.6. The second-order valence-corrected chi connectivity index (χ2v) is 6.54. The largest absolute Gasteiger partial charge is 0.393 e. The zero-order chi connectivity index (χ0) is 13.2. The molecule has 1 amide bonds. The minimum absolute atomic E-state index is 0.175. The van der Waals surface area contributed by atoms with Crippen molar-refractivity contribution >= 4 is 5.91 Å². The van der Waals surface area contributed by atoms with Gasteiger partial charge in [-0.2, -0.15) is 0 Å². The minimum Gasteiger partial charge on any atom is -0.393 e. The van der Waals surface area contributed by atoms with Gasteiger partial charge in [0.2, 0.25) is 5.91 Å². The molecule has 108 valence electrons. The van der Waals surface area contributed by atoms with Crippen molar-refractivity contribution < 1.29 is 9.90 Å². The lowest BCUT2D eigenvalue weighted by Crippen LogP contribution is -2.48.